The molecular formula is C24H30Cl3N3O5S. The molecule has 0 radical (unpaired) electrons. The van der Waals surface area contributed by atoms with Crippen molar-refractivity contribution in [2.75, 3.05) is 24.2 Å². The van der Waals surface area contributed by atoms with Crippen molar-refractivity contribution in [1.82, 2.24) is 10.2 Å². The lowest BCUT2D eigenvalue weighted by molar-refractivity contribution is -0.140. The van der Waals surface area contributed by atoms with Crippen LogP contribution in [0.4, 0.5) is 5.69 Å². The maximum absolute atomic E-state index is 13.6. The maximum atomic E-state index is 13.6. The first-order chi connectivity index (χ1) is 16.5. The molecule has 12 heteroatoms. The number of ether oxygens (including phenoxy) is 1. The van der Waals surface area contributed by atoms with Crippen LogP contribution in [0, 0.1) is 0 Å². The first kappa shape index (κ1) is 30.0. The molecule has 36 heavy (non-hydrogen) atoms. The number of nitrogens with one attached hydrogen (secondary N) is 1. The molecule has 0 spiro atoms. The topological polar surface area (TPSA) is 96.0 Å². The largest absolute Gasteiger partial charge is 0.495 e. The van der Waals surface area contributed by atoms with Gasteiger partial charge in [0.25, 0.3) is 0 Å². The number of carbonyl (C=O) groups is 2. The second kappa shape index (κ2) is 11.9. The molecule has 2 amide bonds. The van der Waals surface area contributed by atoms with Crippen LogP contribution in [0.3, 0.4) is 0 Å². The Labute approximate surface area is 227 Å². The van der Waals surface area contributed by atoms with Gasteiger partial charge < -0.3 is 15.0 Å². The van der Waals surface area contributed by atoms with Crippen molar-refractivity contribution in [3.05, 3.63) is 57.0 Å². The Morgan fingerprint density at radius 3 is 2.19 bits per heavy atom. The van der Waals surface area contributed by atoms with Gasteiger partial charge in [0, 0.05) is 22.1 Å². The summed E-state index contributed by atoms with van der Waals surface area (Å²) in [6.45, 7) is 6.40. The zero-order chi connectivity index (χ0) is 27.4. The van der Waals surface area contributed by atoms with Gasteiger partial charge in [0.15, 0.2) is 0 Å². The Morgan fingerprint density at radius 2 is 1.69 bits per heavy atom. The van der Waals surface area contributed by atoms with Gasteiger partial charge in [-0.3, -0.25) is 13.9 Å². The van der Waals surface area contributed by atoms with Crippen molar-refractivity contribution < 1.29 is 22.7 Å². The maximum Gasteiger partial charge on any atom is 0.244 e. The average Bonchev–Trinajstić information content (AvgIpc) is 2.74. The van der Waals surface area contributed by atoms with E-state index in [2.05, 4.69) is 5.32 Å². The summed E-state index contributed by atoms with van der Waals surface area (Å²) in [7, 11) is -2.47. The molecule has 0 fully saturated rings. The molecule has 0 bridgehead atoms. The van der Waals surface area contributed by atoms with E-state index in [-0.39, 0.29) is 17.3 Å². The van der Waals surface area contributed by atoms with Crippen LogP contribution in [0.2, 0.25) is 15.1 Å². The standard InChI is InChI=1S/C24H30Cl3N3O5S/c1-15(23(32)28-24(2,3)4)29(13-16-7-8-17(25)11-19(16)26)22(31)14-30(36(6,33)34)18-9-10-21(35-5)20(27)12-18/h7-12,15H,13-14H2,1-6H3,(H,28,32)/t15-/m0/s1. The third-order valence-corrected chi connectivity index (χ3v) is 7.15. The number of benzene rings is 2. The van der Waals surface area contributed by atoms with Crippen molar-refractivity contribution in [2.45, 2.75) is 45.8 Å². The predicted octanol–water partition coefficient (Wildman–Crippen LogP) is 4.75. The summed E-state index contributed by atoms with van der Waals surface area (Å²) in [6, 6.07) is 8.24. The molecule has 2 rings (SSSR count). The fraction of sp³-hybridized carbons (Fsp3) is 0.417. The highest BCUT2D eigenvalue weighted by Gasteiger charge is 2.32. The van der Waals surface area contributed by atoms with Crippen molar-refractivity contribution in [1.29, 1.82) is 0 Å². The highest BCUT2D eigenvalue weighted by molar-refractivity contribution is 7.92. The summed E-state index contributed by atoms with van der Waals surface area (Å²) in [6.07, 6.45) is 0.981. The summed E-state index contributed by atoms with van der Waals surface area (Å²) in [5, 5.41) is 3.76. The number of hydrogen-bond donors (Lipinski definition) is 1. The zero-order valence-corrected chi connectivity index (χ0v) is 24.0. The first-order valence-electron chi connectivity index (χ1n) is 10.9. The van der Waals surface area contributed by atoms with Gasteiger partial charge in [0.05, 0.1) is 24.1 Å². The number of nitrogens with zero attached hydrogens (tertiary/aromatic N) is 2. The van der Waals surface area contributed by atoms with Gasteiger partial charge in [-0.25, -0.2) is 8.42 Å². The third-order valence-electron chi connectivity index (χ3n) is 5.12. The highest BCUT2D eigenvalue weighted by Crippen LogP contribution is 2.30. The highest BCUT2D eigenvalue weighted by atomic mass is 35.5. The molecule has 198 valence electrons. The Kier molecular flexibility index (Phi) is 9.92. The molecule has 8 nitrogen and oxygen atoms in total. The molecule has 0 aromatic heterocycles. The first-order valence-corrected chi connectivity index (χ1v) is 13.9. The van der Waals surface area contributed by atoms with Crippen LogP contribution in [0.5, 0.6) is 5.75 Å². The average molecular weight is 579 g/mol. The number of carbonyl (C=O) groups excluding carboxylic acids is 2. The molecule has 0 saturated heterocycles. The molecule has 1 atom stereocenters. The van der Waals surface area contributed by atoms with E-state index in [0.29, 0.717) is 21.4 Å². The molecule has 0 aliphatic heterocycles. The van der Waals surface area contributed by atoms with Crippen LogP contribution in [-0.4, -0.2) is 56.6 Å². The summed E-state index contributed by atoms with van der Waals surface area (Å²) < 4.78 is 31.4. The van der Waals surface area contributed by atoms with Gasteiger partial charge in [-0.15, -0.1) is 0 Å². The molecule has 0 aliphatic rings. The van der Waals surface area contributed by atoms with E-state index in [9.17, 15) is 18.0 Å². The van der Waals surface area contributed by atoms with Crippen LogP contribution in [-0.2, 0) is 26.2 Å². The summed E-state index contributed by atoms with van der Waals surface area (Å²) in [4.78, 5) is 27.8. The smallest absolute Gasteiger partial charge is 0.244 e. The van der Waals surface area contributed by atoms with E-state index in [0.717, 1.165) is 10.6 Å². The number of rotatable bonds is 9. The Hall–Kier alpha value is -2.20. The summed E-state index contributed by atoms with van der Waals surface area (Å²) in [5.41, 5.74) is 0.174. The number of methoxy groups -OCH3 is 1. The predicted molar refractivity (Wildman–Crippen MR) is 145 cm³/mol. The van der Waals surface area contributed by atoms with Crippen LogP contribution >= 0.6 is 34.8 Å². The second-order valence-electron chi connectivity index (χ2n) is 9.26. The lowest BCUT2D eigenvalue weighted by Gasteiger charge is -2.33. The van der Waals surface area contributed by atoms with Crippen LogP contribution in [0.25, 0.3) is 0 Å². The normalized spacial score (nSPS) is 12.6. The van der Waals surface area contributed by atoms with Crippen LogP contribution < -0.4 is 14.4 Å². The molecule has 0 unspecified atom stereocenters. The molecule has 2 aromatic rings. The number of halogens is 3. The van der Waals surface area contributed by atoms with Crippen LogP contribution in [0.15, 0.2) is 36.4 Å². The van der Waals surface area contributed by atoms with Crippen molar-refractivity contribution >= 4 is 62.3 Å². The van der Waals surface area contributed by atoms with Crippen molar-refractivity contribution in [3.8, 4) is 5.75 Å². The van der Waals surface area contributed by atoms with Gasteiger partial charge >= 0.3 is 0 Å². The number of hydrogen-bond acceptors (Lipinski definition) is 5. The SMILES string of the molecule is COc1ccc(N(CC(=O)N(Cc2ccc(Cl)cc2Cl)[C@@H](C)C(=O)NC(C)(C)C)S(C)(=O)=O)cc1Cl. The molecule has 0 saturated carbocycles. The Balaban J connectivity index is 2.47. The van der Waals surface area contributed by atoms with E-state index in [4.69, 9.17) is 39.5 Å². The van der Waals surface area contributed by atoms with Gasteiger partial charge in [-0.2, -0.15) is 0 Å². The molecule has 0 aliphatic carbocycles. The number of amides is 2. The lowest BCUT2D eigenvalue weighted by atomic mass is 10.1. The second-order valence-corrected chi connectivity index (χ2v) is 12.4. The minimum atomic E-state index is -3.90. The lowest BCUT2D eigenvalue weighted by Crippen LogP contribution is -2.54. The Bertz CT molecular complexity index is 1230. The fourth-order valence-electron chi connectivity index (χ4n) is 3.31. The fourth-order valence-corrected chi connectivity index (χ4v) is 4.88. The quantitative estimate of drug-likeness (QED) is 0.463. The Morgan fingerprint density at radius 1 is 1.06 bits per heavy atom. The van der Waals surface area contributed by atoms with E-state index >= 15 is 0 Å². The molecule has 2 aromatic carbocycles. The molecule has 1 N–H and O–H groups in total. The monoisotopic (exact) mass is 577 g/mol. The van der Waals surface area contributed by atoms with Gasteiger partial charge in [0.1, 0.15) is 18.3 Å². The summed E-state index contributed by atoms with van der Waals surface area (Å²) in [5.74, 6) is -0.666. The van der Waals surface area contributed by atoms with E-state index in [1.165, 1.54) is 36.3 Å². The molecular weight excluding hydrogens is 549 g/mol. The minimum absolute atomic E-state index is 0.0471. The van der Waals surface area contributed by atoms with Gasteiger partial charge in [-0.05, 0) is 63.6 Å². The molecule has 0 heterocycles. The van der Waals surface area contributed by atoms with Gasteiger partial charge in [0.2, 0.25) is 21.8 Å². The van der Waals surface area contributed by atoms with Crippen molar-refractivity contribution in [2.24, 2.45) is 0 Å². The summed E-state index contributed by atoms with van der Waals surface area (Å²) >= 11 is 18.5. The van der Waals surface area contributed by atoms with Gasteiger partial charge in [-0.1, -0.05) is 40.9 Å². The number of sulfonamides is 1. The van der Waals surface area contributed by atoms with E-state index < -0.39 is 40.0 Å². The number of anilines is 1. The van der Waals surface area contributed by atoms with E-state index in [1.807, 2.05) is 20.8 Å². The van der Waals surface area contributed by atoms with Crippen molar-refractivity contribution in [3.63, 3.8) is 0 Å². The van der Waals surface area contributed by atoms with Crippen LogP contribution in [0.1, 0.15) is 33.3 Å². The zero-order valence-electron chi connectivity index (χ0n) is 20.9. The minimum Gasteiger partial charge on any atom is -0.495 e. The van der Waals surface area contributed by atoms with E-state index in [1.54, 1.807) is 19.1 Å². The third kappa shape index (κ3) is 8.16.